The Morgan fingerprint density at radius 3 is 2.74 bits per heavy atom. The molecule has 0 bridgehead atoms. The third-order valence-corrected chi connectivity index (χ3v) is 4.52. The molecule has 2 heterocycles. The van der Waals surface area contributed by atoms with Gasteiger partial charge in [0.15, 0.2) is 6.61 Å². The quantitative estimate of drug-likeness (QED) is 0.500. The monoisotopic (exact) mass is 393 g/mol. The number of nitrogens with one attached hydrogen (secondary N) is 1. The maximum Gasteiger partial charge on any atom is 1.00 e. The summed E-state index contributed by atoms with van der Waals surface area (Å²) in [5, 5.41) is 15.4. The second kappa shape index (κ2) is 8.68. The van der Waals surface area contributed by atoms with Crippen molar-refractivity contribution in [3.05, 3.63) is 56.0 Å². The number of ketones is 1. The van der Waals surface area contributed by atoms with Crippen LogP contribution in [0.3, 0.4) is 0 Å². The zero-order chi connectivity index (χ0) is 15.5. The van der Waals surface area contributed by atoms with Gasteiger partial charge in [-0.3, -0.25) is 4.79 Å². The van der Waals surface area contributed by atoms with E-state index >= 15 is 0 Å². The van der Waals surface area contributed by atoms with Gasteiger partial charge in [-0.2, -0.15) is 5.21 Å². The number of H-pyrrole nitrogens is 1. The minimum Gasteiger partial charge on any atom is -0.484 e. The van der Waals surface area contributed by atoms with Crippen LogP contribution in [-0.2, 0) is 6.61 Å². The smallest absolute Gasteiger partial charge is 0.484 e. The predicted molar refractivity (Wildman–Crippen MR) is 82.7 cm³/mol. The molecule has 0 fully saturated rings. The number of halogens is 2. The number of thiophene rings is 1. The van der Waals surface area contributed by atoms with E-state index in [1.54, 1.807) is 24.3 Å². The van der Waals surface area contributed by atoms with E-state index in [1.807, 2.05) is 5.38 Å². The summed E-state index contributed by atoms with van der Waals surface area (Å²) >= 11 is 13.7. The molecule has 0 radical (unpaired) electrons. The van der Waals surface area contributed by atoms with Crippen LogP contribution in [-0.4, -0.2) is 26.4 Å². The first-order valence-electron chi connectivity index (χ1n) is 6.08. The van der Waals surface area contributed by atoms with Gasteiger partial charge in [0.1, 0.15) is 10.8 Å². The minimum atomic E-state index is -0.174. The molecule has 0 aliphatic rings. The zero-order valence-corrected chi connectivity index (χ0v) is 17.4. The molecule has 0 amide bonds. The number of hydrogen-bond donors (Lipinski definition) is 1. The number of nitrogens with zero attached hydrogens (tertiary/aromatic N) is 3. The summed E-state index contributed by atoms with van der Waals surface area (Å²) in [5.74, 6) is 0.553. The van der Waals surface area contributed by atoms with Crippen LogP contribution in [0.5, 0.6) is 5.75 Å². The average Bonchev–Trinajstić information content (AvgIpc) is 3.21. The molecule has 0 unspecified atom stereocenters. The molecule has 23 heavy (non-hydrogen) atoms. The van der Waals surface area contributed by atoms with E-state index in [1.165, 1.54) is 11.3 Å². The van der Waals surface area contributed by atoms with E-state index in [4.69, 9.17) is 27.9 Å². The van der Waals surface area contributed by atoms with E-state index in [2.05, 4.69) is 20.6 Å². The Labute approximate surface area is 187 Å². The minimum absolute atomic E-state index is 0. The molecule has 1 N–H and O–H groups in total. The number of tetrazole rings is 1. The summed E-state index contributed by atoms with van der Waals surface area (Å²) in [4.78, 5) is 12.9. The van der Waals surface area contributed by atoms with Gasteiger partial charge in [-0.15, -0.1) is 21.5 Å². The van der Waals surface area contributed by atoms with Crippen molar-refractivity contribution < 1.29 is 60.9 Å². The molecule has 10 heteroatoms. The van der Waals surface area contributed by atoms with E-state index < -0.39 is 0 Å². The Kier molecular flexibility index (Phi) is 7.17. The fraction of sp³-hybridized carbons (Fsp3) is 0.0769. The van der Waals surface area contributed by atoms with Crippen LogP contribution in [0.1, 0.15) is 21.1 Å². The fourth-order valence-corrected chi connectivity index (χ4v) is 2.88. The number of hydrogen-bond acceptors (Lipinski definition) is 6. The number of benzene rings is 1. The average molecular weight is 394 g/mol. The fourth-order valence-electron chi connectivity index (χ4n) is 1.75. The molecule has 1 aromatic carbocycles. The Hall–Kier alpha value is -0.324. The van der Waals surface area contributed by atoms with Crippen molar-refractivity contribution in [2.24, 2.45) is 0 Å². The van der Waals surface area contributed by atoms with Crippen LogP contribution in [0.2, 0.25) is 10.0 Å². The third-order valence-electron chi connectivity index (χ3n) is 2.78. The second-order valence-corrected chi connectivity index (χ2v) is 5.87. The molecular weight excluding hydrogens is 386 g/mol. The van der Waals surface area contributed by atoms with Crippen molar-refractivity contribution in [3.8, 4) is 5.75 Å². The maximum atomic E-state index is 12.3. The van der Waals surface area contributed by atoms with Gasteiger partial charge in [-0.1, -0.05) is 34.5 Å². The standard InChI is InChI=1S/C13H8Cl2N4O2S.K/c14-11-7(13(20)9-2-1-5-22-9)3-4-8(12(11)15)21-6-10-16-18-19-17-10;/h1-5H,6H2,(H,16,17,18,19);/q;+1. The number of aromatic nitrogens is 4. The first-order chi connectivity index (χ1) is 10.7. The zero-order valence-electron chi connectivity index (χ0n) is 11.9. The summed E-state index contributed by atoms with van der Waals surface area (Å²) in [6.07, 6.45) is 0. The van der Waals surface area contributed by atoms with Crippen LogP contribution in [0.4, 0.5) is 0 Å². The summed E-state index contributed by atoms with van der Waals surface area (Å²) in [6.45, 7) is 0.0881. The third kappa shape index (κ3) is 4.40. The van der Waals surface area contributed by atoms with Gasteiger partial charge in [-0.25, -0.2) is 0 Å². The maximum absolute atomic E-state index is 12.3. The molecule has 0 spiro atoms. The molecule has 3 rings (SSSR count). The summed E-state index contributed by atoms with van der Waals surface area (Å²) in [7, 11) is 0. The Bertz CT molecular complexity index is 797. The summed E-state index contributed by atoms with van der Waals surface area (Å²) in [6, 6.07) is 6.71. The molecular formula is C13H8Cl2KN4O2S+. The van der Waals surface area contributed by atoms with Crippen LogP contribution in [0.15, 0.2) is 29.6 Å². The molecule has 112 valence electrons. The first-order valence-corrected chi connectivity index (χ1v) is 7.71. The van der Waals surface area contributed by atoms with Gasteiger partial charge < -0.3 is 4.74 Å². The van der Waals surface area contributed by atoms with Crippen molar-refractivity contribution >= 4 is 40.3 Å². The van der Waals surface area contributed by atoms with Gasteiger partial charge in [0.05, 0.1) is 9.90 Å². The van der Waals surface area contributed by atoms with Gasteiger partial charge in [-0.05, 0) is 23.6 Å². The topological polar surface area (TPSA) is 80.8 Å². The van der Waals surface area contributed by atoms with E-state index in [-0.39, 0.29) is 73.8 Å². The molecule has 0 atom stereocenters. The van der Waals surface area contributed by atoms with Crippen molar-refractivity contribution in [3.63, 3.8) is 0 Å². The van der Waals surface area contributed by atoms with Crippen LogP contribution >= 0.6 is 34.5 Å². The Morgan fingerprint density at radius 1 is 1.26 bits per heavy atom. The van der Waals surface area contributed by atoms with E-state index in [9.17, 15) is 4.79 Å². The number of ether oxygens (including phenoxy) is 1. The normalized spacial score (nSPS) is 10.2. The van der Waals surface area contributed by atoms with E-state index in [0.29, 0.717) is 22.0 Å². The first kappa shape index (κ1) is 19.0. The van der Waals surface area contributed by atoms with Gasteiger partial charge in [0.2, 0.25) is 11.6 Å². The number of carbonyl (C=O) groups is 1. The molecule has 6 nitrogen and oxygen atoms in total. The van der Waals surface area contributed by atoms with Gasteiger partial charge in [0, 0.05) is 5.56 Å². The molecule has 0 saturated heterocycles. The molecule has 2 aromatic heterocycles. The molecule has 0 saturated carbocycles. The largest absolute Gasteiger partial charge is 1.00 e. The van der Waals surface area contributed by atoms with E-state index in [0.717, 1.165) is 0 Å². The summed E-state index contributed by atoms with van der Waals surface area (Å²) in [5.41, 5.74) is 0.334. The predicted octanol–water partition coefficient (Wildman–Crippen LogP) is 0.382. The number of rotatable bonds is 5. The van der Waals surface area contributed by atoms with Crippen LogP contribution < -0.4 is 56.1 Å². The number of carbonyl (C=O) groups excluding carboxylic acids is 1. The van der Waals surface area contributed by atoms with Crippen molar-refractivity contribution in [1.82, 2.24) is 20.6 Å². The number of aromatic amines is 1. The molecule has 0 aliphatic carbocycles. The SMILES string of the molecule is O=C(c1cccs1)c1ccc(OCc2nn[nH]n2)c(Cl)c1Cl.[K+]. The van der Waals surface area contributed by atoms with Crippen molar-refractivity contribution in [2.75, 3.05) is 0 Å². The Morgan fingerprint density at radius 2 is 2.09 bits per heavy atom. The molecule has 3 aromatic rings. The summed E-state index contributed by atoms with van der Waals surface area (Å²) < 4.78 is 5.48. The van der Waals surface area contributed by atoms with Gasteiger partial charge in [0.25, 0.3) is 0 Å². The van der Waals surface area contributed by atoms with Crippen molar-refractivity contribution in [1.29, 1.82) is 0 Å². The Balaban J connectivity index is 0.00000192. The van der Waals surface area contributed by atoms with Gasteiger partial charge >= 0.3 is 51.4 Å². The van der Waals surface area contributed by atoms with Crippen molar-refractivity contribution in [2.45, 2.75) is 6.61 Å². The molecule has 0 aliphatic heterocycles. The second-order valence-electron chi connectivity index (χ2n) is 4.16. The van der Waals surface area contributed by atoms with Crippen LogP contribution in [0, 0.1) is 0 Å². The van der Waals surface area contributed by atoms with Crippen LogP contribution in [0.25, 0.3) is 0 Å².